The molecule has 0 unspecified atom stereocenters. The molecular weight excluding hydrogens is 326 g/mol. The second-order valence-corrected chi connectivity index (χ2v) is 4.63. The van der Waals surface area contributed by atoms with Crippen molar-refractivity contribution < 1.29 is 19.4 Å². The molecule has 0 radical (unpaired) electrons. The molecule has 128 valence electrons. The van der Waals surface area contributed by atoms with E-state index in [2.05, 4.69) is 20.7 Å². The number of nitriles is 1. The molecule has 1 aromatic heterocycles. The fraction of sp³-hybridized carbons (Fsp3) is 0.125. The predicted molar refractivity (Wildman–Crippen MR) is 86.2 cm³/mol. The predicted octanol–water partition coefficient (Wildman–Crippen LogP) is 0.783. The number of para-hydroxylation sites is 1. The number of nitrogens with one attached hydrogen (secondary N) is 2. The molecule has 0 saturated heterocycles. The van der Waals surface area contributed by atoms with E-state index in [0.717, 1.165) is 6.20 Å². The molecule has 0 spiro atoms. The van der Waals surface area contributed by atoms with Gasteiger partial charge in [-0.05, 0) is 19.1 Å². The lowest BCUT2D eigenvalue weighted by atomic mass is 10.3. The molecule has 0 aliphatic heterocycles. The molecule has 3 N–H and O–H groups in total. The zero-order chi connectivity index (χ0) is 18.2. The lowest BCUT2D eigenvalue weighted by Crippen LogP contribution is -2.34. The Morgan fingerprint density at radius 1 is 1.40 bits per heavy atom. The summed E-state index contributed by atoms with van der Waals surface area (Å²) in [6, 6.07) is 10.6. The Morgan fingerprint density at radius 3 is 2.76 bits per heavy atom. The molecule has 2 aromatic rings. The minimum Gasteiger partial charge on any atom is -0.504 e. The number of hydrazine groups is 1. The number of aromatic nitrogens is 2. The van der Waals surface area contributed by atoms with Crippen LogP contribution in [0.3, 0.4) is 0 Å². The van der Waals surface area contributed by atoms with Gasteiger partial charge in [0.25, 0.3) is 5.91 Å². The van der Waals surface area contributed by atoms with Gasteiger partial charge in [0.15, 0.2) is 17.0 Å². The van der Waals surface area contributed by atoms with Crippen molar-refractivity contribution in [3.8, 4) is 17.5 Å². The Hall–Kier alpha value is -3.80. The summed E-state index contributed by atoms with van der Waals surface area (Å²) in [5.74, 6) is -1.88. The van der Waals surface area contributed by atoms with Crippen LogP contribution < -0.4 is 10.9 Å². The molecule has 0 saturated carbocycles. The van der Waals surface area contributed by atoms with E-state index in [1.165, 1.54) is 10.9 Å². The second-order valence-electron chi connectivity index (χ2n) is 4.63. The van der Waals surface area contributed by atoms with E-state index in [1.807, 2.05) is 6.07 Å². The number of esters is 1. The molecule has 0 aliphatic carbocycles. The largest absolute Gasteiger partial charge is 0.504 e. The van der Waals surface area contributed by atoms with E-state index in [0.29, 0.717) is 5.69 Å². The molecule has 0 aliphatic rings. The van der Waals surface area contributed by atoms with Crippen LogP contribution in [0.1, 0.15) is 17.4 Å². The standard InChI is InChI=1S/C16H15N5O4/c1-2-25-16(24)11(8-17)9-18-19-15(23)14-13(22)10-21(20-14)12-6-4-3-5-7-12/h3-7,9-10,18,22H,2H2,1H3,(H,19,23)/b11-9+. The molecule has 1 heterocycles. The number of hydrogen-bond donors (Lipinski definition) is 3. The number of carbonyl (C=O) groups is 2. The number of rotatable bonds is 6. The van der Waals surface area contributed by atoms with Crippen molar-refractivity contribution in [2.75, 3.05) is 6.61 Å². The first-order chi connectivity index (χ1) is 12.1. The van der Waals surface area contributed by atoms with E-state index in [4.69, 9.17) is 5.26 Å². The third kappa shape index (κ3) is 4.35. The molecule has 2 rings (SSSR count). The van der Waals surface area contributed by atoms with E-state index in [-0.39, 0.29) is 23.6 Å². The summed E-state index contributed by atoms with van der Waals surface area (Å²) >= 11 is 0. The average Bonchev–Trinajstić information content (AvgIpc) is 3.01. The highest BCUT2D eigenvalue weighted by molar-refractivity contribution is 5.95. The first-order valence-electron chi connectivity index (χ1n) is 7.24. The summed E-state index contributed by atoms with van der Waals surface area (Å²) in [4.78, 5) is 23.5. The highest BCUT2D eigenvalue weighted by Gasteiger charge is 2.17. The Balaban J connectivity index is 2.06. The minimum atomic E-state index is -0.817. The van der Waals surface area contributed by atoms with Gasteiger partial charge in [-0.15, -0.1) is 0 Å². The van der Waals surface area contributed by atoms with Crippen LogP contribution in [-0.2, 0) is 9.53 Å². The van der Waals surface area contributed by atoms with Gasteiger partial charge in [0, 0.05) is 6.20 Å². The topological polar surface area (TPSA) is 129 Å². The lowest BCUT2D eigenvalue weighted by Gasteiger charge is -2.04. The van der Waals surface area contributed by atoms with E-state index < -0.39 is 11.9 Å². The molecule has 1 aromatic carbocycles. The van der Waals surface area contributed by atoms with Gasteiger partial charge in [-0.3, -0.25) is 10.2 Å². The average molecular weight is 341 g/mol. The summed E-state index contributed by atoms with van der Waals surface area (Å²) in [7, 11) is 0. The van der Waals surface area contributed by atoms with E-state index >= 15 is 0 Å². The van der Waals surface area contributed by atoms with Gasteiger partial charge in [0.05, 0.1) is 18.5 Å². The van der Waals surface area contributed by atoms with Gasteiger partial charge in [0.1, 0.15) is 6.07 Å². The Labute approximate surface area is 143 Å². The molecule has 25 heavy (non-hydrogen) atoms. The Kier molecular flexibility index (Phi) is 5.73. The number of benzene rings is 1. The van der Waals surface area contributed by atoms with Crippen LogP contribution in [0.2, 0.25) is 0 Å². The number of carbonyl (C=O) groups excluding carboxylic acids is 2. The van der Waals surface area contributed by atoms with Gasteiger partial charge in [-0.1, -0.05) is 18.2 Å². The Bertz CT molecular complexity index is 836. The van der Waals surface area contributed by atoms with Crippen LogP contribution in [0.25, 0.3) is 5.69 Å². The van der Waals surface area contributed by atoms with Gasteiger partial charge in [-0.2, -0.15) is 10.4 Å². The normalized spacial score (nSPS) is 10.6. The first kappa shape index (κ1) is 17.6. The third-order valence-electron chi connectivity index (χ3n) is 2.95. The fourth-order valence-corrected chi connectivity index (χ4v) is 1.82. The van der Waals surface area contributed by atoms with Crippen molar-refractivity contribution in [1.82, 2.24) is 20.6 Å². The monoisotopic (exact) mass is 341 g/mol. The summed E-state index contributed by atoms with van der Waals surface area (Å²) in [6.07, 6.45) is 2.28. The summed E-state index contributed by atoms with van der Waals surface area (Å²) in [5.41, 5.74) is 4.64. The van der Waals surface area contributed by atoms with Crippen molar-refractivity contribution in [3.05, 3.63) is 54.0 Å². The minimum absolute atomic E-state index is 0.120. The zero-order valence-corrected chi connectivity index (χ0v) is 13.3. The van der Waals surface area contributed by atoms with Crippen LogP contribution in [0, 0.1) is 11.3 Å². The summed E-state index contributed by atoms with van der Waals surface area (Å²) in [5, 5.41) is 22.7. The van der Waals surface area contributed by atoms with Crippen LogP contribution >= 0.6 is 0 Å². The van der Waals surface area contributed by atoms with Crippen molar-refractivity contribution in [2.45, 2.75) is 6.92 Å². The van der Waals surface area contributed by atoms with Gasteiger partial charge in [0.2, 0.25) is 0 Å². The fourth-order valence-electron chi connectivity index (χ4n) is 1.82. The number of ether oxygens (including phenoxy) is 1. The molecule has 9 heteroatoms. The molecular formula is C16H15N5O4. The Morgan fingerprint density at radius 2 is 2.12 bits per heavy atom. The summed E-state index contributed by atoms with van der Waals surface area (Å²) < 4.78 is 6.02. The maximum absolute atomic E-state index is 12.0. The lowest BCUT2D eigenvalue weighted by molar-refractivity contribution is -0.138. The van der Waals surface area contributed by atoms with Gasteiger partial charge < -0.3 is 15.3 Å². The summed E-state index contributed by atoms with van der Waals surface area (Å²) in [6.45, 7) is 1.73. The maximum Gasteiger partial charge on any atom is 0.350 e. The van der Waals surface area contributed by atoms with Crippen molar-refractivity contribution >= 4 is 11.9 Å². The van der Waals surface area contributed by atoms with Gasteiger partial charge in [-0.25, -0.2) is 9.48 Å². The van der Waals surface area contributed by atoms with Crippen molar-refractivity contribution in [1.29, 1.82) is 5.26 Å². The molecule has 1 amide bonds. The van der Waals surface area contributed by atoms with Crippen LogP contribution in [0.15, 0.2) is 48.3 Å². The van der Waals surface area contributed by atoms with Gasteiger partial charge >= 0.3 is 5.97 Å². The highest BCUT2D eigenvalue weighted by atomic mass is 16.5. The van der Waals surface area contributed by atoms with Crippen LogP contribution in [0.5, 0.6) is 5.75 Å². The molecule has 9 nitrogen and oxygen atoms in total. The van der Waals surface area contributed by atoms with Crippen LogP contribution in [0.4, 0.5) is 0 Å². The first-order valence-corrected chi connectivity index (χ1v) is 7.24. The zero-order valence-electron chi connectivity index (χ0n) is 13.3. The highest BCUT2D eigenvalue weighted by Crippen LogP contribution is 2.17. The smallest absolute Gasteiger partial charge is 0.350 e. The quantitative estimate of drug-likeness (QED) is 0.306. The van der Waals surface area contributed by atoms with Crippen molar-refractivity contribution in [3.63, 3.8) is 0 Å². The SMILES string of the molecule is CCOC(=O)/C(C#N)=C/NNC(=O)c1nn(-c2ccccc2)cc1O. The van der Waals surface area contributed by atoms with Crippen molar-refractivity contribution in [2.24, 2.45) is 0 Å². The molecule has 0 bridgehead atoms. The number of aromatic hydroxyl groups is 1. The second kappa shape index (κ2) is 8.16. The molecule has 0 fully saturated rings. The number of amides is 1. The van der Waals surface area contributed by atoms with E-state index in [9.17, 15) is 14.7 Å². The van der Waals surface area contributed by atoms with Crippen LogP contribution in [-0.4, -0.2) is 33.4 Å². The molecule has 0 atom stereocenters. The number of hydrogen-bond acceptors (Lipinski definition) is 7. The third-order valence-corrected chi connectivity index (χ3v) is 2.95. The number of nitrogens with zero attached hydrogens (tertiary/aromatic N) is 3. The van der Waals surface area contributed by atoms with E-state index in [1.54, 1.807) is 37.3 Å². The maximum atomic E-state index is 12.0.